The molecule has 2 aliphatic heterocycles. The maximum Gasteiger partial charge on any atom is 0.217 e. The zero-order valence-corrected chi connectivity index (χ0v) is 18.4. The monoisotopic (exact) mass is 433 g/mol. The van der Waals surface area contributed by atoms with Crippen molar-refractivity contribution in [2.75, 3.05) is 32.8 Å². The van der Waals surface area contributed by atoms with Crippen molar-refractivity contribution in [3.63, 3.8) is 0 Å². The van der Waals surface area contributed by atoms with Crippen LogP contribution in [0.15, 0.2) is 48.5 Å². The van der Waals surface area contributed by atoms with Crippen LogP contribution in [-0.2, 0) is 19.6 Å². The molecule has 0 saturated carbocycles. The van der Waals surface area contributed by atoms with Gasteiger partial charge < -0.3 is 4.74 Å². The highest BCUT2D eigenvalue weighted by Crippen LogP contribution is 2.26. The number of benzene rings is 2. The highest BCUT2D eigenvalue weighted by atomic mass is 32.1. The van der Waals surface area contributed by atoms with Crippen LogP contribution in [0, 0.1) is 4.77 Å². The summed E-state index contributed by atoms with van der Waals surface area (Å²) in [6, 6.07) is 16.8. The van der Waals surface area contributed by atoms with Crippen molar-refractivity contribution < 1.29 is 4.74 Å². The Labute approximate surface area is 187 Å². The second-order valence-electron chi connectivity index (χ2n) is 8.14. The van der Waals surface area contributed by atoms with Gasteiger partial charge in [0.1, 0.15) is 11.6 Å². The fourth-order valence-corrected chi connectivity index (χ4v) is 4.37. The normalized spacial score (nSPS) is 17.2. The molecule has 0 bridgehead atoms. The van der Waals surface area contributed by atoms with Crippen LogP contribution in [0.4, 0.5) is 0 Å². The molecule has 0 unspecified atom stereocenters. The minimum atomic E-state index is 0.593. The third-order valence-electron chi connectivity index (χ3n) is 5.90. The minimum Gasteiger partial charge on any atom is -0.493 e. The van der Waals surface area contributed by atoms with E-state index in [2.05, 4.69) is 50.2 Å². The van der Waals surface area contributed by atoms with E-state index in [0.717, 1.165) is 69.6 Å². The topological polar surface area (TPSA) is 49.3 Å². The van der Waals surface area contributed by atoms with Crippen LogP contribution in [0.25, 0.3) is 12.2 Å². The zero-order chi connectivity index (χ0) is 21.0. The molecule has 3 heterocycles. The number of hydrogen-bond acceptors (Lipinski definition) is 5. The first kappa shape index (κ1) is 20.2. The average Bonchev–Trinajstić information content (AvgIpc) is 3.40. The molecule has 31 heavy (non-hydrogen) atoms. The molecule has 0 atom stereocenters. The van der Waals surface area contributed by atoms with Gasteiger partial charge in [-0.2, -0.15) is 4.98 Å². The van der Waals surface area contributed by atoms with E-state index in [1.165, 1.54) is 11.1 Å². The summed E-state index contributed by atoms with van der Waals surface area (Å²) in [5.41, 5.74) is 3.87. The van der Waals surface area contributed by atoms with Gasteiger partial charge in [-0.3, -0.25) is 14.9 Å². The predicted octanol–water partition coefficient (Wildman–Crippen LogP) is 3.82. The van der Waals surface area contributed by atoms with Gasteiger partial charge in [-0.05, 0) is 41.1 Å². The van der Waals surface area contributed by atoms with Crippen molar-refractivity contribution in [3.05, 3.63) is 75.8 Å². The van der Waals surface area contributed by atoms with E-state index in [-0.39, 0.29) is 0 Å². The van der Waals surface area contributed by atoms with Crippen LogP contribution in [0.1, 0.15) is 22.5 Å². The molecule has 0 aliphatic carbocycles. The lowest BCUT2D eigenvalue weighted by atomic mass is 10.1. The van der Waals surface area contributed by atoms with Crippen LogP contribution < -0.4 is 4.74 Å². The molecule has 6 nitrogen and oxygen atoms in total. The van der Waals surface area contributed by atoms with Gasteiger partial charge in [0.15, 0.2) is 0 Å². The van der Waals surface area contributed by atoms with Gasteiger partial charge in [-0.25, -0.2) is 4.68 Å². The molecule has 1 aromatic heterocycles. The molecule has 1 fully saturated rings. The third kappa shape index (κ3) is 4.95. The maximum absolute atomic E-state index is 5.62. The smallest absolute Gasteiger partial charge is 0.217 e. The van der Waals surface area contributed by atoms with E-state index < -0.39 is 0 Å². The van der Waals surface area contributed by atoms with Gasteiger partial charge in [0.2, 0.25) is 4.77 Å². The van der Waals surface area contributed by atoms with Crippen molar-refractivity contribution in [2.24, 2.45) is 0 Å². The SMILES string of the molecule is S=c1nc(/C=C/c2ccccc2)[nH]n1CN1CCN(Cc2ccc3c(c2)CCO3)CC1. The van der Waals surface area contributed by atoms with Crippen molar-refractivity contribution >= 4 is 24.4 Å². The molecular formula is C24H27N5OS. The Morgan fingerprint density at radius 3 is 2.65 bits per heavy atom. The second kappa shape index (κ2) is 9.18. The predicted molar refractivity (Wildman–Crippen MR) is 125 cm³/mol. The molecule has 7 heteroatoms. The Balaban J connectivity index is 1.14. The summed E-state index contributed by atoms with van der Waals surface area (Å²) in [6.07, 6.45) is 5.05. The number of hydrogen-bond donors (Lipinski definition) is 1. The van der Waals surface area contributed by atoms with E-state index in [0.29, 0.717) is 4.77 Å². The van der Waals surface area contributed by atoms with Crippen molar-refractivity contribution in [3.8, 4) is 5.75 Å². The molecule has 1 N–H and O–H groups in total. The summed E-state index contributed by atoms with van der Waals surface area (Å²) in [5.74, 6) is 1.84. The summed E-state index contributed by atoms with van der Waals surface area (Å²) in [7, 11) is 0. The standard InChI is InChI=1S/C24H27N5OS/c31-24-25-23(9-7-19-4-2-1-3-5-19)26-29(24)18-28-13-11-27(12-14-28)17-20-6-8-22-21(16-20)10-15-30-22/h1-9,16H,10-15,17-18H2,(H,25,26,31)/b9-7+. The van der Waals surface area contributed by atoms with Crippen molar-refractivity contribution in [1.29, 1.82) is 0 Å². The molecule has 160 valence electrons. The van der Waals surface area contributed by atoms with Gasteiger partial charge in [0.25, 0.3) is 0 Å². The average molecular weight is 434 g/mol. The van der Waals surface area contributed by atoms with E-state index in [9.17, 15) is 0 Å². The molecule has 1 saturated heterocycles. The number of H-pyrrole nitrogens is 1. The quantitative estimate of drug-likeness (QED) is 0.599. The first-order chi connectivity index (χ1) is 15.2. The number of ether oxygens (including phenoxy) is 1. The second-order valence-corrected chi connectivity index (χ2v) is 8.50. The van der Waals surface area contributed by atoms with Crippen molar-refractivity contribution in [2.45, 2.75) is 19.6 Å². The molecule has 3 aromatic rings. The van der Waals surface area contributed by atoms with Gasteiger partial charge in [-0.15, -0.1) is 0 Å². The third-order valence-corrected chi connectivity index (χ3v) is 6.21. The van der Waals surface area contributed by atoms with Crippen LogP contribution in [-0.4, -0.2) is 57.4 Å². The first-order valence-corrected chi connectivity index (χ1v) is 11.2. The highest BCUT2D eigenvalue weighted by molar-refractivity contribution is 7.71. The Morgan fingerprint density at radius 1 is 1.00 bits per heavy atom. The van der Waals surface area contributed by atoms with Crippen LogP contribution in [0.5, 0.6) is 5.75 Å². The minimum absolute atomic E-state index is 0.593. The highest BCUT2D eigenvalue weighted by Gasteiger charge is 2.19. The Bertz CT molecular complexity index is 1110. The number of aromatic amines is 1. The Kier molecular flexibility index (Phi) is 5.97. The lowest BCUT2D eigenvalue weighted by Crippen LogP contribution is -2.46. The number of fused-ring (bicyclic) bond motifs is 1. The zero-order valence-electron chi connectivity index (χ0n) is 17.5. The first-order valence-electron chi connectivity index (χ1n) is 10.8. The largest absolute Gasteiger partial charge is 0.493 e. The fourth-order valence-electron chi connectivity index (χ4n) is 4.17. The van der Waals surface area contributed by atoms with Gasteiger partial charge >= 0.3 is 0 Å². The molecule has 2 aromatic carbocycles. The molecule has 0 amide bonds. The number of piperazine rings is 1. The summed E-state index contributed by atoms with van der Waals surface area (Å²) >= 11 is 5.46. The van der Waals surface area contributed by atoms with Crippen LogP contribution >= 0.6 is 12.2 Å². The molecule has 0 spiro atoms. The molecule has 0 radical (unpaired) electrons. The summed E-state index contributed by atoms with van der Waals surface area (Å²) in [6.45, 7) is 6.70. The number of nitrogens with one attached hydrogen (secondary N) is 1. The van der Waals surface area contributed by atoms with E-state index >= 15 is 0 Å². The Hall–Kier alpha value is -2.74. The molecule has 2 aliphatic rings. The summed E-state index contributed by atoms with van der Waals surface area (Å²) < 4.78 is 8.17. The number of aromatic nitrogens is 3. The molecular weight excluding hydrogens is 406 g/mol. The van der Waals surface area contributed by atoms with E-state index in [1.54, 1.807) is 0 Å². The van der Waals surface area contributed by atoms with Crippen LogP contribution in [0.3, 0.4) is 0 Å². The number of rotatable bonds is 6. The van der Waals surface area contributed by atoms with Crippen LogP contribution in [0.2, 0.25) is 0 Å². The lowest BCUT2D eigenvalue weighted by Gasteiger charge is -2.34. The van der Waals surface area contributed by atoms with Gasteiger partial charge in [-0.1, -0.05) is 48.5 Å². The molecule has 5 rings (SSSR count). The lowest BCUT2D eigenvalue weighted by molar-refractivity contribution is 0.0981. The van der Waals surface area contributed by atoms with E-state index in [1.807, 2.05) is 35.0 Å². The summed E-state index contributed by atoms with van der Waals surface area (Å²) in [5, 5.41) is 3.32. The van der Waals surface area contributed by atoms with Crippen molar-refractivity contribution in [1.82, 2.24) is 24.6 Å². The fraction of sp³-hybridized carbons (Fsp3) is 0.333. The Morgan fingerprint density at radius 2 is 1.81 bits per heavy atom. The number of nitrogens with zero attached hydrogens (tertiary/aromatic N) is 4. The van der Waals surface area contributed by atoms with Gasteiger partial charge in [0.05, 0.1) is 13.3 Å². The van der Waals surface area contributed by atoms with Gasteiger partial charge in [0, 0.05) is 39.1 Å². The van der Waals surface area contributed by atoms with E-state index in [4.69, 9.17) is 17.0 Å². The summed E-state index contributed by atoms with van der Waals surface area (Å²) in [4.78, 5) is 9.42. The maximum atomic E-state index is 5.62.